The van der Waals surface area contributed by atoms with Gasteiger partial charge in [-0.05, 0) is 31.2 Å². The molecule has 0 spiro atoms. The molecule has 0 atom stereocenters. The second kappa shape index (κ2) is 5.26. The minimum atomic E-state index is -3.83. The average molecular weight is 314 g/mol. The van der Waals surface area contributed by atoms with Crippen LogP contribution in [-0.4, -0.2) is 24.0 Å². The number of nitrogens with zero attached hydrogens (tertiary/aromatic N) is 2. The third kappa shape index (κ3) is 2.83. The Morgan fingerprint density at radius 3 is 2.35 bits per heavy atom. The number of nitrogens with one attached hydrogen (secondary N) is 1. The van der Waals surface area contributed by atoms with Crippen molar-refractivity contribution in [3.05, 3.63) is 41.0 Å². The highest BCUT2D eigenvalue weighted by Crippen LogP contribution is 2.22. The highest BCUT2D eigenvalue weighted by molar-refractivity contribution is 7.92. The van der Waals surface area contributed by atoms with E-state index in [1.807, 2.05) is 0 Å². The molecule has 106 valence electrons. The Morgan fingerprint density at radius 2 is 1.90 bits per heavy atom. The molecular weight excluding hydrogens is 302 g/mol. The molecule has 0 unspecified atom stereocenters. The maximum Gasteiger partial charge on any atom is 0.280 e. The van der Waals surface area contributed by atoms with Crippen LogP contribution in [0.25, 0.3) is 0 Å². The predicted molar refractivity (Wildman–Crippen MR) is 75.5 cm³/mol. The summed E-state index contributed by atoms with van der Waals surface area (Å²) >= 11 is 5.82. The fourth-order valence-electron chi connectivity index (χ4n) is 1.68. The molecule has 0 saturated carbocycles. The van der Waals surface area contributed by atoms with Crippen LogP contribution in [0.4, 0.5) is 5.69 Å². The molecule has 2 aromatic rings. The summed E-state index contributed by atoms with van der Waals surface area (Å²) in [6.07, 6.45) is 1.26. The number of hydrogen-bond donors (Lipinski definition) is 1. The summed E-state index contributed by atoms with van der Waals surface area (Å²) in [5, 5.41) is 3.71. The topological polar surface area (TPSA) is 81.1 Å². The molecule has 8 heteroatoms. The quantitative estimate of drug-likeness (QED) is 0.876. The van der Waals surface area contributed by atoms with Gasteiger partial charge in [0.2, 0.25) is 0 Å². The largest absolute Gasteiger partial charge is 0.295 e. The predicted octanol–water partition coefficient (Wildman–Crippen LogP) is 2.08. The summed E-state index contributed by atoms with van der Waals surface area (Å²) in [5.41, 5.74) is 0.846. The van der Waals surface area contributed by atoms with Crippen molar-refractivity contribution in [3.8, 4) is 0 Å². The Kier molecular flexibility index (Phi) is 3.82. The first-order valence-electron chi connectivity index (χ1n) is 5.62. The van der Waals surface area contributed by atoms with Crippen LogP contribution in [0.1, 0.15) is 17.3 Å². The molecule has 0 bridgehead atoms. The van der Waals surface area contributed by atoms with Gasteiger partial charge in [-0.1, -0.05) is 11.6 Å². The Labute approximate surface area is 121 Å². The van der Waals surface area contributed by atoms with E-state index in [4.69, 9.17) is 11.6 Å². The van der Waals surface area contributed by atoms with E-state index in [2.05, 4.69) is 9.82 Å². The number of halogens is 1. The van der Waals surface area contributed by atoms with Crippen LogP contribution >= 0.6 is 11.6 Å². The summed E-state index contributed by atoms with van der Waals surface area (Å²) < 4.78 is 28.0. The van der Waals surface area contributed by atoms with E-state index < -0.39 is 10.0 Å². The average Bonchev–Trinajstić information content (AvgIpc) is 2.69. The Balaban J connectivity index is 2.31. The Morgan fingerprint density at radius 1 is 1.30 bits per heavy atom. The summed E-state index contributed by atoms with van der Waals surface area (Å²) in [5.74, 6) is -0.0888. The monoisotopic (exact) mass is 313 g/mol. The van der Waals surface area contributed by atoms with Crippen LogP contribution in [0.5, 0.6) is 0 Å². The third-order valence-electron chi connectivity index (χ3n) is 2.64. The van der Waals surface area contributed by atoms with Crippen molar-refractivity contribution in [1.29, 1.82) is 0 Å². The van der Waals surface area contributed by atoms with E-state index in [9.17, 15) is 13.2 Å². The number of anilines is 1. The molecular formula is C12H12ClN3O3S. The van der Waals surface area contributed by atoms with Crippen molar-refractivity contribution in [2.24, 2.45) is 7.05 Å². The summed E-state index contributed by atoms with van der Waals surface area (Å²) in [6, 6.07) is 6.12. The molecule has 0 aliphatic carbocycles. The highest BCUT2D eigenvalue weighted by Gasteiger charge is 2.22. The van der Waals surface area contributed by atoms with Gasteiger partial charge in [-0.25, -0.2) is 0 Å². The van der Waals surface area contributed by atoms with E-state index in [1.165, 1.54) is 37.0 Å². The molecule has 0 saturated heterocycles. The van der Waals surface area contributed by atoms with E-state index in [0.717, 1.165) is 0 Å². The van der Waals surface area contributed by atoms with Gasteiger partial charge in [0.15, 0.2) is 10.8 Å². The van der Waals surface area contributed by atoms with E-state index in [-0.39, 0.29) is 15.8 Å². The first kappa shape index (κ1) is 14.5. The van der Waals surface area contributed by atoms with Gasteiger partial charge in [0, 0.05) is 18.3 Å². The molecule has 6 nitrogen and oxygen atoms in total. The number of Topliss-reactive ketones (excluding diaryl/α,β-unsaturated/α-hetero) is 1. The molecule has 0 aliphatic rings. The smallest absolute Gasteiger partial charge is 0.280 e. The fourth-order valence-corrected chi connectivity index (χ4v) is 3.40. The minimum Gasteiger partial charge on any atom is -0.295 e. The van der Waals surface area contributed by atoms with Gasteiger partial charge in [0.1, 0.15) is 0 Å². The maximum absolute atomic E-state index is 12.2. The second-order valence-electron chi connectivity index (χ2n) is 4.16. The van der Waals surface area contributed by atoms with Crippen molar-refractivity contribution in [1.82, 2.24) is 9.78 Å². The second-order valence-corrected chi connectivity index (χ2v) is 6.17. The molecule has 1 N–H and O–H groups in total. The Bertz CT molecular complexity index is 731. The van der Waals surface area contributed by atoms with Gasteiger partial charge in [-0.2, -0.15) is 13.5 Å². The van der Waals surface area contributed by atoms with Crippen molar-refractivity contribution in [2.75, 3.05) is 4.72 Å². The van der Waals surface area contributed by atoms with Crippen LogP contribution in [0.15, 0.2) is 35.5 Å². The van der Waals surface area contributed by atoms with Gasteiger partial charge in [0.25, 0.3) is 10.0 Å². The zero-order valence-corrected chi connectivity index (χ0v) is 12.4. The summed E-state index contributed by atoms with van der Waals surface area (Å²) in [6.45, 7) is 1.44. The van der Waals surface area contributed by atoms with Gasteiger partial charge >= 0.3 is 0 Å². The first-order chi connectivity index (χ1) is 9.31. The lowest BCUT2D eigenvalue weighted by Gasteiger charge is -2.09. The molecule has 0 fully saturated rings. The van der Waals surface area contributed by atoms with Crippen LogP contribution in [-0.2, 0) is 17.1 Å². The lowest BCUT2D eigenvalue weighted by molar-refractivity contribution is 0.101. The van der Waals surface area contributed by atoms with Crippen molar-refractivity contribution in [2.45, 2.75) is 11.9 Å². The van der Waals surface area contributed by atoms with Crippen molar-refractivity contribution < 1.29 is 13.2 Å². The van der Waals surface area contributed by atoms with E-state index >= 15 is 0 Å². The fraction of sp³-hybridized carbons (Fsp3) is 0.167. The lowest BCUT2D eigenvalue weighted by atomic mass is 10.1. The highest BCUT2D eigenvalue weighted by atomic mass is 35.5. The summed E-state index contributed by atoms with van der Waals surface area (Å²) in [7, 11) is -2.35. The number of rotatable bonds is 4. The standard InChI is InChI=1S/C12H12ClN3O3S/c1-8(17)9-3-5-10(6-4-9)15-20(18,19)12-11(13)7-14-16(12)2/h3-7,15H,1-2H3. The van der Waals surface area contributed by atoms with Gasteiger partial charge < -0.3 is 0 Å². The lowest BCUT2D eigenvalue weighted by Crippen LogP contribution is -2.17. The molecule has 0 amide bonds. The minimum absolute atomic E-state index is 0.0420. The van der Waals surface area contributed by atoms with Gasteiger partial charge in [-0.3, -0.25) is 14.2 Å². The zero-order valence-electron chi connectivity index (χ0n) is 10.8. The molecule has 20 heavy (non-hydrogen) atoms. The van der Waals surface area contributed by atoms with E-state index in [0.29, 0.717) is 11.3 Å². The molecule has 1 aromatic carbocycles. The number of carbonyl (C=O) groups is 1. The van der Waals surface area contributed by atoms with Crippen molar-refractivity contribution >= 4 is 33.1 Å². The number of carbonyl (C=O) groups excluding carboxylic acids is 1. The number of aromatic nitrogens is 2. The molecule has 0 aliphatic heterocycles. The third-order valence-corrected chi connectivity index (χ3v) is 4.53. The number of hydrogen-bond acceptors (Lipinski definition) is 4. The van der Waals surface area contributed by atoms with Crippen LogP contribution < -0.4 is 4.72 Å². The molecule has 1 aromatic heterocycles. The van der Waals surface area contributed by atoms with Crippen molar-refractivity contribution in [3.63, 3.8) is 0 Å². The number of sulfonamides is 1. The number of ketones is 1. The van der Waals surface area contributed by atoms with Gasteiger partial charge in [-0.15, -0.1) is 0 Å². The molecule has 2 rings (SSSR count). The van der Waals surface area contributed by atoms with Crippen LogP contribution in [0.3, 0.4) is 0 Å². The summed E-state index contributed by atoms with van der Waals surface area (Å²) in [4.78, 5) is 11.2. The number of aryl methyl sites for hydroxylation is 1. The van der Waals surface area contributed by atoms with E-state index in [1.54, 1.807) is 12.1 Å². The normalized spacial score (nSPS) is 11.3. The SMILES string of the molecule is CC(=O)c1ccc(NS(=O)(=O)c2c(Cl)cnn2C)cc1. The van der Waals surface area contributed by atoms with Crippen LogP contribution in [0.2, 0.25) is 5.02 Å². The number of benzene rings is 1. The first-order valence-corrected chi connectivity index (χ1v) is 7.48. The van der Waals surface area contributed by atoms with Crippen LogP contribution in [0, 0.1) is 0 Å². The molecule has 0 radical (unpaired) electrons. The zero-order chi connectivity index (χ0) is 14.9. The molecule has 1 heterocycles. The maximum atomic E-state index is 12.2. The van der Waals surface area contributed by atoms with Gasteiger partial charge in [0.05, 0.1) is 11.2 Å². The Hall–Kier alpha value is -1.86.